The SMILES string of the molecule is C=CC(=C)c1nc2ccc(C(=O)NCCCc3ncc[nH]3)cc2nc1C(=C)C=CC. The van der Waals surface area contributed by atoms with Crippen LogP contribution in [0.4, 0.5) is 0 Å². The van der Waals surface area contributed by atoms with Gasteiger partial charge in [-0.3, -0.25) is 4.79 Å². The lowest BCUT2D eigenvalue weighted by atomic mass is 10.0. The number of H-pyrrole nitrogens is 1. The fraction of sp³-hybridized carbons (Fsp3) is 0.167. The van der Waals surface area contributed by atoms with Gasteiger partial charge in [-0.1, -0.05) is 38.0 Å². The Morgan fingerprint density at radius 3 is 2.63 bits per heavy atom. The van der Waals surface area contributed by atoms with Crippen LogP contribution in [-0.2, 0) is 6.42 Å². The molecular weight excluding hydrogens is 374 g/mol. The van der Waals surface area contributed by atoms with Gasteiger partial charge in [0.05, 0.1) is 22.4 Å². The number of nitrogens with one attached hydrogen (secondary N) is 2. The van der Waals surface area contributed by atoms with Crippen molar-refractivity contribution in [3.63, 3.8) is 0 Å². The third-order valence-corrected chi connectivity index (χ3v) is 4.58. The van der Waals surface area contributed by atoms with Crippen LogP contribution in [0.3, 0.4) is 0 Å². The number of fused-ring (bicyclic) bond motifs is 1. The highest BCUT2D eigenvalue weighted by Crippen LogP contribution is 2.25. The first-order chi connectivity index (χ1) is 14.5. The largest absolute Gasteiger partial charge is 0.352 e. The summed E-state index contributed by atoms with van der Waals surface area (Å²) in [5.74, 6) is 0.766. The van der Waals surface area contributed by atoms with Gasteiger partial charge in [0.1, 0.15) is 5.82 Å². The zero-order valence-electron chi connectivity index (χ0n) is 17.1. The second kappa shape index (κ2) is 9.60. The Kier molecular flexibility index (Phi) is 6.70. The molecule has 0 aliphatic rings. The molecule has 0 aliphatic carbocycles. The first-order valence-corrected chi connectivity index (χ1v) is 9.75. The number of nitrogens with zero attached hydrogens (tertiary/aromatic N) is 3. The van der Waals surface area contributed by atoms with Crippen LogP contribution in [0.2, 0.25) is 0 Å². The Morgan fingerprint density at radius 1 is 1.17 bits per heavy atom. The fourth-order valence-electron chi connectivity index (χ4n) is 3.01. The molecule has 3 rings (SSSR count). The molecule has 0 unspecified atom stereocenters. The van der Waals surface area contributed by atoms with Gasteiger partial charge in [-0.2, -0.15) is 0 Å². The van der Waals surface area contributed by atoms with E-state index in [4.69, 9.17) is 4.98 Å². The molecule has 0 fully saturated rings. The number of aryl methyl sites for hydroxylation is 1. The lowest BCUT2D eigenvalue weighted by Gasteiger charge is -2.11. The number of imidazole rings is 1. The van der Waals surface area contributed by atoms with Gasteiger partial charge in [0, 0.05) is 30.9 Å². The number of aromatic amines is 1. The molecule has 2 N–H and O–H groups in total. The summed E-state index contributed by atoms with van der Waals surface area (Å²) in [5, 5.41) is 2.94. The van der Waals surface area contributed by atoms with E-state index in [1.165, 1.54) is 0 Å². The van der Waals surface area contributed by atoms with Crippen molar-refractivity contribution in [2.45, 2.75) is 19.8 Å². The van der Waals surface area contributed by atoms with E-state index in [9.17, 15) is 4.79 Å². The lowest BCUT2D eigenvalue weighted by Crippen LogP contribution is -2.24. The zero-order valence-corrected chi connectivity index (χ0v) is 17.1. The van der Waals surface area contributed by atoms with Crippen molar-refractivity contribution in [2.75, 3.05) is 6.54 Å². The molecule has 0 saturated carbocycles. The number of carbonyl (C=O) groups is 1. The summed E-state index contributed by atoms with van der Waals surface area (Å²) in [5.41, 5.74) is 4.49. The molecule has 6 heteroatoms. The van der Waals surface area contributed by atoms with E-state index in [1.807, 2.05) is 19.1 Å². The molecule has 0 radical (unpaired) electrons. The maximum Gasteiger partial charge on any atom is 0.251 e. The third-order valence-electron chi connectivity index (χ3n) is 4.58. The van der Waals surface area contributed by atoms with Crippen LogP contribution in [0.5, 0.6) is 0 Å². The van der Waals surface area contributed by atoms with Crippen molar-refractivity contribution in [2.24, 2.45) is 0 Å². The summed E-state index contributed by atoms with van der Waals surface area (Å²) in [4.78, 5) is 29.2. The molecule has 1 amide bonds. The number of allylic oxidation sites excluding steroid dienone is 5. The molecular formula is C24H25N5O. The predicted molar refractivity (Wildman–Crippen MR) is 122 cm³/mol. The Morgan fingerprint density at radius 2 is 1.93 bits per heavy atom. The monoisotopic (exact) mass is 399 g/mol. The van der Waals surface area contributed by atoms with E-state index in [0.717, 1.165) is 24.2 Å². The van der Waals surface area contributed by atoms with Crippen LogP contribution < -0.4 is 5.32 Å². The third kappa shape index (κ3) is 4.78. The van der Waals surface area contributed by atoms with Gasteiger partial charge >= 0.3 is 0 Å². The molecule has 0 saturated heterocycles. The molecule has 0 bridgehead atoms. The minimum atomic E-state index is -0.147. The van der Waals surface area contributed by atoms with Crippen molar-refractivity contribution in [3.05, 3.63) is 91.3 Å². The van der Waals surface area contributed by atoms with Crippen LogP contribution >= 0.6 is 0 Å². The van der Waals surface area contributed by atoms with Crippen molar-refractivity contribution in [3.8, 4) is 0 Å². The quantitative estimate of drug-likeness (QED) is 0.410. The summed E-state index contributed by atoms with van der Waals surface area (Å²) in [7, 11) is 0. The minimum absolute atomic E-state index is 0.147. The van der Waals surface area contributed by atoms with E-state index in [1.54, 1.807) is 36.7 Å². The number of rotatable bonds is 9. The maximum absolute atomic E-state index is 12.6. The molecule has 0 aliphatic heterocycles. The normalized spacial score (nSPS) is 11.0. The second-order valence-electron chi connectivity index (χ2n) is 6.77. The molecule has 6 nitrogen and oxygen atoms in total. The fourth-order valence-corrected chi connectivity index (χ4v) is 3.01. The van der Waals surface area contributed by atoms with Crippen LogP contribution in [0.15, 0.2) is 68.6 Å². The van der Waals surface area contributed by atoms with E-state index in [0.29, 0.717) is 40.1 Å². The topological polar surface area (TPSA) is 83.6 Å². The highest BCUT2D eigenvalue weighted by molar-refractivity contribution is 5.97. The van der Waals surface area contributed by atoms with Gasteiger partial charge in [0.2, 0.25) is 0 Å². The molecule has 0 spiro atoms. The van der Waals surface area contributed by atoms with Crippen molar-refractivity contribution in [1.29, 1.82) is 0 Å². The molecule has 30 heavy (non-hydrogen) atoms. The van der Waals surface area contributed by atoms with E-state index in [2.05, 4.69) is 40.0 Å². The van der Waals surface area contributed by atoms with Gasteiger partial charge in [-0.25, -0.2) is 15.0 Å². The molecule has 152 valence electrons. The summed E-state index contributed by atoms with van der Waals surface area (Å²) < 4.78 is 0. The Bertz CT molecular complexity index is 1130. The van der Waals surface area contributed by atoms with Gasteiger partial charge in [-0.05, 0) is 42.7 Å². The van der Waals surface area contributed by atoms with Crippen molar-refractivity contribution < 1.29 is 4.79 Å². The lowest BCUT2D eigenvalue weighted by molar-refractivity contribution is 0.0953. The number of benzene rings is 1. The summed E-state index contributed by atoms with van der Waals surface area (Å²) in [6.45, 7) is 14.3. The van der Waals surface area contributed by atoms with Crippen molar-refractivity contribution in [1.82, 2.24) is 25.3 Å². The van der Waals surface area contributed by atoms with Crippen molar-refractivity contribution >= 4 is 28.1 Å². The van der Waals surface area contributed by atoms with Crippen LogP contribution in [0.1, 0.15) is 40.9 Å². The number of hydrogen-bond acceptors (Lipinski definition) is 4. The number of hydrogen-bond donors (Lipinski definition) is 2. The predicted octanol–water partition coefficient (Wildman–Crippen LogP) is 4.50. The number of amides is 1. The maximum atomic E-state index is 12.6. The van der Waals surface area contributed by atoms with Crippen LogP contribution in [-0.4, -0.2) is 32.4 Å². The first kappa shape index (κ1) is 20.9. The average molecular weight is 399 g/mol. The van der Waals surface area contributed by atoms with Crippen LogP contribution in [0.25, 0.3) is 22.2 Å². The van der Waals surface area contributed by atoms with E-state index >= 15 is 0 Å². The Balaban J connectivity index is 1.81. The minimum Gasteiger partial charge on any atom is -0.352 e. The van der Waals surface area contributed by atoms with Gasteiger partial charge in [-0.15, -0.1) is 0 Å². The number of carbonyl (C=O) groups excluding carboxylic acids is 1. The molecule has 0 atom stereocenters. The summed E-state index contributed by atoms with van der Waals surface area (Å²) in [6, 6.07) is 5.29. The molecule has 3 aromatic rings. The smallest absolute Gasteiger partial charge is 0.251 e. The molecule has 2 heterocycles. The van der Waals surface area contributed by atoms with E-state index in [-0.39, 0.29) is 5.91 Å². The Labute approximate surface area is 176 Å². The highest BCUT2D eigenvalue weighted by Gasteiger charge is 2.14. The van der Waals surface area contributed by atoms with Crippen LogP contribution in [0, 0.1) is 0 Å². The second-order valence-corrected chi connectivity index (χ2v) is 6.77. The van der Waals surface area contributed by atoms with Gasteiger partial charge in [0.15, 0.2) is 0 Å². The highest BCUT2D eigenvalue weighted by atomic mass is 16.1. The Hall–Kier alpha value is -3.80. The van der Waals surface area contributed by atoms with Gasteiger partial charge in [0.25, 0.3) is 5.91 Å². The average Bonchev–Trinajstić information content (AvgIpc) is 3.28. The summed E-state index contributed by atoms with van der Waals surface area (Å²) >= 11 is 0. The van der Waals surface area contributed by atoms with Gasteiger partial charge < -0.3 is 10.3 Å². The zero-order chi connectivity index (χ0) is 21.5. The summed E-state index contributed by atoms with van der Waals surface area (Å²) in [6.07, 6.45) is 10.5. The standard InChI is InChI=1S/C24H25N5O/c1-5-8-17(4)23-22(16(3)6-2)28-19-11-10-18(15-20(19)29-23)24(30)27-12-7-9-21-25-13-14-26-21/h5-6,8,10-11,13-15H,2-4,7,9,12H2,1H3,(H,25,26)(H,27,30). The van der Waals surface area contributed by atoms with E-state index < -0.39 is 0 Å². The molecule has 1 aromatic carbocycles. The molecule has 2 aromatic heterocycles. The number of aromatic nitrogens is 4. The first-order valence-electron chi connectivity index (χ1n) is 9.75.